The fourth-order valence-electron chi connectivity index (χ4n) is 3.56. The van der Waals surface area contributed by atoms with Gasteiger partial charge in [-0.3, -0.25) is 4.79 Å². The molecule has 162 valence electrons. The number of thiophene rings is 1. The highest BCUT2D eigenvalue weighted by Gasteiger charge is 2.25. The van der Waals surface area contributed by atoms with Crippen molar-refractivity contribution in [1.29, 1.82) is 0 Å². The predicted octanol–water partition coefficient (Wildman–Crippen LogP) is 6.06. The van der Waals surface area contributed by atoms with Gasteiger partial charge in [-0.25, -0.2) is 14.4 Å². The zero-order valence-corrected chi connectivity index (χ0v) is 18.8. The summed E-state index contributed by atoms with van der Waals surface area (Å²) in [6, 6.07) is 18.8. The largest absolute Gasteiger partial charge is 0.343 e. The number of halogens is 1. The third kappa shape index (κ3) is 4.84. The lowest BCUT2D eigenvalue weighted by Gasteiger charge is -2.21. The van der Waals surface area contributed by atoms with E-state index in [9.17, 15) is 9.18 Å². The second-order valence-electron chi connectivity index (χ2n) is 7.53. The molecular weight excluding hydrogens is 423 g/mol. The molecule has 1 amide bonds. The SMILES string of the molecule is Cc1cc(C)nc(N[C@H](c2ccccc2F)c2cc(C)sc2NC(=O)c2ccccc2)n1. The van der Waals surface area contributed by atoms with Crippen LogP contribution in [0.5, 0.6) is 0 Å². The molecule has 0 unspecified atom stereocenters. The molecular formula is C25H23FN4OS. The number of benzene rings is 2. The Labute approximate surface area is 190 Å². The number of hydrogen-bond donors (Lipinski definition) is 2. The molecule has 5 nitrogen and oxygen atoms in total. The first-order valence-electron chi connectivity index (χ1n) is 10.2. The molecule has 4 aromatic rings. The van der Waals surface area contributed by atoms with E-state index in [1.54, 1.807) is 30.3 Å². The standard InChI is InChI=1S/C25H23FN4OS/c1-15-13-16(2)28-25(27-15)29-22(19-11-7-8-12-21(19)26)20-14-17(3)32-24(20)30-23(31)18-9-5-4-6-10-18/h4-14,22H,1-3H3,(H,30,31)(H,27,28,29)/t22-/m1/s1. The molecule has 0 aliphatic carbocycles. The Balaban J connectivity index is 1.76. The van der Waals surface area contributed by atoms with Gasteiger partial charge in [-0.2, -0.15) is 0 Å². The Hall–Kier alpha value is -3.58. The topological polar surface area (TPSA) is 66.9 Å². The molecule has 7 heteroatoms. The van der Waals surface area contributed by atoms with Crippen molar-refractivity contribution in [3.05, 3.63) is 106 Å². The summed E-state index contributed by atoms with van der Waals surface area (Å²) in [7, 11) is 0. The monoisotopic (exact) mass is 446 g/mol. The lowest BCUT2D eigenvalue weighted by atomic mass is 9.99. The number of nitrogens with one attached hydrogen (secondary N) is 2. The lowest BCUT2D eigenvalue weighted by Crippen LogP contribution is -2.19. The van der Waals surface area contributed by atoms with Crippen LogP contribution in [-0.4, -0.2) is 15.9 Å². The van der Waals surface area contributed by atoms with Gasteiger partial charge in [0, 0.05) is 33.0 Å². The number of hydrogen-bond acceptors (Lipinski definition) is 5. The van der Waals surface area contributed by atoms with E-state index in [1.807, 2.05) is 51.1 Å². The smallest absolute Gasteiger partial charge is 0.256 e. The number of carbonyl (C=O) groups excluding carboxylic acids is 1. The van der Waals surface area contributed by atoms with Crippen molar-refractivity contribution < 1.29 is 9.18 Å². The van der Waals surface area contributed by atoms with E-state index < -0.39 is 6.04 Å². The number of carbonyl (C=O) groups is 1. The van der Waals surface area contributed by atoms with Crippen molar-refractivity contribution in [3.8, 4) is 0 Å². The molecule has 0 saturated carbocycles. The molecule has 32 heavy (non-hydrogen) atoms. The highest BCUT2D eigenvalue weighted by molar-refractivity contribution is 7.16. The molecule has 4 rings (SSSR count). The van der Waals surface area contributed by atoms with E-state index in [0.717, 1.165) is 21.8 Å². The first-order chi connectivity index (χ1) is 15.4. The van der Waals surface area contributed by atoms with Crippen molar-refractivity contribution >= 4 is 28.2 Å². The summed E-state index contributed by atoms with van der Waals surface area (Å²) in [5.74, 6) is -0.165. The molecule has 0 aliphatic heterocycles. The van der Waals surface area contributed by atoms with Gasteiger partial charge in [-0.05, 0) is 51.1 Å². The highest BCUT2D eigenvalue weighted by Crippen LogP contribution is 2.38. The summed E-state index contributed by atoms with van der Waals surface area (Å²) in [6.45, 7) is 5.73. The third-order valence-electron chi connectivity index (χ3n) is 4.93. The number of aromatic nitrogens is 2. The molecule has 0 bridgehead atoms. The second kappa shape index (κ2) is 9.28. The summed E-state index contributed by atoms with van der Waals surface area (Å²) in [5.41, 5.74) is 3.38. The molecule has 2 N–H and O–H groups in total. The summed E-state index contributed by atoms with van der Waals surface area (Å²) in [6.07, 6.45) is 0. The van der Waals surface area contributed by atoms with Crippen LogP contribution < -0.4 is 10.6 Å². The molecule has 0 fully saturated rings. The summed E-state index contributed by atoms with van der Waals surface area (Å²) >= 11 is 1.45. The van der Waals surface area contributed by atoms with Crippen molar-refractivity contribution in [3.63, 3.8) is 0 Å². The minimum absolute atomic E-state index is 0.219. The maximum Gasteiger partial charge on any atom is 0.256 e. The molecule has 0 saturated heterocycles. The van der Waals surface area contributed by atoms with Gasteiger partial charge in [0.1, 0.15) is 10.8 Å². The third-order valence-corrected chi connectivity index (χ3v) is 5.91. The molecule has 0 spiro atoms. The number of anilines is 2. The predicted molar refractivity (Wildman–Crippen MR) is 127 cm³/mol. The average Bonchev–Trinajstić information content (AvgIpc) is 3.12. The van der Waals surface area contributed by atoms with Gasteiger partial charge in [0.25, 0.3) is 5.91 Å². The Morgan fingerprint density at radius 2 is 1.56 bits per heavy atom. The van der Waals surface area contributed by atoms with Gasteiger partial charge in [-0.1, -0.05) is 36.4 Å². The summed E-state index contributed by atoms with van der Waals surface area (Å²) in [4.78, 5) is 22.8. The average molecular weight is 447 g/mol. The van der Waals surface area contributed by atoms with Crippen LogP contribution in [-0.2, 0) is 0 Å². The zero-order valence-electron chi connectivity index (χ0n) is 18.0. The fraction of sp³-hybridized carbons (Fsp3) is 0.160. The first-order valence-corrected chi connectivity index (χ1v) is 11.0. The number of amides is 1. The number of rotatable bonds is 6. The molecule has 0 aliphatic rings. The van der Waals surface area contributed by atoms with E-state index in [-0.39, 0.29) is 11.7 Å². The van der Waals surface area contributed by atoms with Crippen molar-refractivity contribution in [2.45, 2.75) is 26.8 Å². The summed E-state index contributed by atoms with van der Waals surface area (Å²) < 4.78 is 14.9. The second-order valence-corrected chi connectivity index (χ2v) is 8.79. The van der Waals surface area contributed by atoms with Crippen LogP contribution >= 0.6 is 11.3 Å². The Morgan fingerprint density at radius 3 is 2.25 bits per heavy atom. The van der Waals surface area contributed by atoms with E-state index >= 15 is 0 Å². The van der Waals surface area contributed by atoms with Crippen LogP contribution in [0.3, 0.4) is 0 Å². The maximum atomic E-state index is 14.9. The zero-order chi connectivity index (χ0) is 22.7. The van der Waals surface area contributed by atoms with Crippen LogP contribution in [0.2, 0.25) is 0 Å². The molecule has 2 aromatic heterocycles. The van der Waals surface area contributed by atoms with Crippen molar-refractivity contribution in [2.75, 3.05) is 10.6 Å². The van der Waals surface area contributed by atoms with Crippen LogP contribution in [0.15, 0.2) is 66.7 Å². The molecule has 2 heterocycles. The van der Waals surface area contributed by atoms with Gasteiger partial charge in [0.15, 0.2) is 0 Å². The van der Waals surface area contributed by atoms with Crippen molar-refractivity contribution in [1.82, 2.24) is 9.97 Å². The minimum atomic E-state index is -0.589. The molecule has 0 radical (unpaired) electrons. The van der Waals surface area contributed by atoms with Gasteiger partial charge in [0.05, 0.1) is 6.04 Å². The van der Waals surface area contributed by atoms with E-state index in [4.69, 9.17) is 0 Å². The lowest BCUT2D eigenvalue weighted by molar-refractivity contribution is 0.102. The van der Waals surface area contributed by atoms with Gasteiger partial charge in [-0.15, -0.1) is 11.3 Å². The van der Waals surface area contributed by atoms with E-state index in [1.165, 1.54) is 17.4 Å². The summed E-state index contributed by atoms with van der Waals surface area (Å²) in [5, 5.41) is 6.95. The molecule has 1 atom stereocenters. The van der Waals surface area contributed by atoms with Crippen LogP contribution in [0.1, 0.15) is 43.8 Å². The first kappa shape index (κ1) is 21.6. The van der Waals surface area contributed by atoms with Crippen LogP contribution in [0.4, 0.5) is 15.3 Å². The van der Waals surface area contributed by atoms with Gasteiger partial charge in [0.2, 0.25) is 5.95 Å². The minimum Gasteiger partial charge on any atom is -0.343 e. The van der Waals surface area contributed by atoms with E-state index in [0.29, 0.717) is 22.1 Å². The van der Waals surface area contributed by atoms with Gasteiger partial charge < -0.3 is 10.6 Å². The van der Waals surface area contributed by atoms with Gasteiger partial charge >= 0.3 is 0 Å². The Morgan fingerprint density at radius 1 is 0.906 bits per heavy atom. The van der Waals surface area contributed by atoms with E-state index in [2.05, 4.69) is 20.6 Å². The Bertz CT molecular complexity index is 1240. The maximum absolute atomic E-state index is 14.9. The highest BCUT2D eigenvalue weighted by atomic mass is 32.1. The van der Waals surface area contributed by atoms with Crippen molar-refractivity contribution in [2.24, 2.45) is 0 Å². The normalized spacial score (nSPS) is 11.8. The number of nitrogens with zero attached hydrogens (tertiary/aromatic N) is 2. The Kier molecular flexibility index (Phi) is 6.28. The van der Waals surface area contributed by atoms with Crippen LogP contribution in [0.25, 0.3) is 0 Å². The number of aryl methyl sites for hydroxylation is 3. The van der Waals surface area contributed by atoms with Crippen LogP contribution in [0, 0.1) is 26.6 Å². The quantitative estimate of drug-likeness (QED) is 0.378. The fourth-order valence-corrected chi connectivity index (χ4v) is 4.51. The molecule has 2 aromatic carbocycles.